The van der Waals surface area contributed by atoms with Crippen molar-refractivity contribution in [2.75, 3.05) is 26.7 Å². The van der Waals surface area contributed by atoms with Crippen LogP contribution in [0.2, 0.25) is 10.0 Å². The normalized spacial score (nSPS) is 17.1. The Labute approximate surface area is 165 Å². The molecule has 0 unspecified atom stereocenters. The molecule has 1 N–H and O–H groups in total. The van der Waals surface area contributed by atoms with E-state index < -0.39 is 0 Å². The molecule has 0 atom stereocenters. The summed E-state index contributed by atoms with van der Waals surface area (Å²) in [5.74, 6) is -0.119. The van der Waals surface area contributed by atoms with E-state index in [4.69, 9.17) is 23.2 Å². The van der Waals surface area contributed by atoms with Crippen LogP contribution in [0.15, 0.2) is 42.5 Å². The van der Waals surface area contributed by atoms with Gasteiger partial charge >= 0.3 is 0 Å². The maximum absolute atomic E-state index is 12.7. The Hall–Kier alpha value is -1.55. The van der Waals surface area contributed by atoms with E-state index in [1.165, 1.54) is 5.56 Å². The van der Waals surface area contributed by atoms with Crippen molar-refractivity contribution >= 4 is 29.1 Å². The lowest BCUT2D eigenvalue weighted by Gasteiger charge is -2.41. The van der Waals surface area contributed by atoms with Crippen LogP contribution in [0.1, 0.15) is 34.3 Å². The summed E-state index contributed by atoms with van der Waals surface area (Å²) in [6, 6.07) is 13.5. The lowest BCUT2D eigenvalue weighted by Crippen LogP contribution is -2.48. The van der Waals surface area contributed by atoms with Gasteiger partial charge in [0.15, 0.2) is 0 Å². The Balaban J connectivity index is 1.81. The van der Waals surface area contributed by atoms with E-state index in [-0.39, 0.29) is 11.3 Å². The van der Waals surface area contributed by atoms with Gasteiger partial charge in [0, 0.05) is 17.0 Å². The quantitative estimate of drug-likeness (QED) is 0.820. The van der Waals surface area contributed by atoms with Crippen LogP contribution in [-0.2, 0) is 5.41 Å². The number of carbonyl (C=O) groups excluding carboxylic acids is 1. The molecule has 0 spiro atoms. The lowest BCUT2D eigenvalue weighted by molar-refractivity contribution is 0.0928. The van der Waals surface area contributed by atoms with Gasteiger partial charge < -0.3 is 10.2 Å². The molecular formula is C21H24Cl2N2O. The van der Waals surface area contributed by atoms with Crippen molar-refractivity contribution in [1.29, 1.82) is 0 Å². The van der Waals surface area contributed by atoms with E-state index in [1.54, 1.807) is 6.07 Å². The smallest absolute Gasteiger partial charge is 0.252 e. The predicted octanol–water partition coefficient (Wildman–Crippen LogP) is 4.70. The van der Waals surface area contributed by atoms with E-state index in [0.29, 0.717) is 17.1 Å². The molecule has 1 amide bonds. The second-order valence-corrected chi connectivity index (χ2v) is 8.10. The number of piperidine rings is 1. The molecule has 26 heavy (non-hydrogen) atoms. The number of halogens is 2. The summed E-state index contributed by atoms with van der Waals surface area (Å²) in [5.41, 5.74) is 2.70. The van der Waals surface area contributed by atoms with Crippen molar-refractivity contribution in [2.24, 2.45) is 0 Å². The number of nitrogens with one attached hydrogen (secondary N) is 1. The van der Waals surface area contributed by atoms with Gasteiger partial charge in [0.1, 0.15) is 0 Å². The number of carbonyl (C=O) groups is 1. The van der Waals surface area contributed by atoms with Gasteiger partial charge in [0.05, 0.1) is 10.6 Å². The summed E-state index contributed by atoms with van der Waals surface area (Å²) in [7, 11) is 2.14. The van der Waals surface area contributed by atoms with Crippen LogP contribution in [0.5, 0.6) is 0 Å². The summed E-state index contributed by atoms with van der Waals surface area (Å²) in [5, 5.41) is 4.34. The summed E-state index contributed by atoms with van der Waals surface area (Å²) in [6.07, 6.45) is 1.99. The van der Waals surface area contributed by atoms with E-state index >= 15 is 0 Å². The summed E-state index contributed by atoms with van der Waals surface area (Å²) in [6.45, 7) is 4.55. The molecule has 5 heteroatoms. The van der Waals surface area contributed by atoms with Crippen molar-refractivity contribution in [2.45, 2.75) is 25.2 Å². The second-order valence-electron chi connectivity index (χ2n) is 7.26. The lowest BCUT2D eigenvalue weighted by atomic mass is 9.72. The maximum Gasteiger partial charge on any atom is 0.252 e. The molecule has 3 nitrogen and oxygen atoms in total. The highest BCUT2D eigenvalue weighted by atomic mass is 35.5. The topological polar surface area (TPSA) is 32.3 Å². The molecule has 1 aliphatic rings. The van der Waals surface area contributed by atoms with Gasteiger partial charge in [-0.25, -0.2) is 0 Å². The van der Waals surface area contributed by atoms with Crippen molar-refractivity contribution in [3.8, 4) is 0 Å². The highest BCUT2D eigenvalue weighted by molar-refractivity contribution is 6.33. The van der Waals surface area contributed by atoms with E-state index in [1.807, 2.05) is 31.2 Å². The average Bonchev–Trinajstić information content (AvgIpc) is 2.64. The van der Waals surface area contributed by atoms with Crippen LogP contribution in [-0.4, -0.2) is 37.5 Å². The van der Waals surface area contributed by atoms with Crippen LogP contribution in [0, 0.1) is 6.92 Å². The van der Waals surface area contributed by atoms with Gasteiger partial charge in [0.25, 0.3) is 5.91 Å². The van der Waals surface area contributed by atoms with Crippen LogP contribution < -0.4 is 5.32 Å². The Morgan fingerprint density at radius 1 is 1.12 bits per heavy atom. The standard InChI is InChI=1S/C21H24Cl2N2O/c1-15-3-8-19(23)18(13-15)20(26)24-14-21(9-11-25(2)12-10-21)16-4-6-17(22)7-5-16/h3-8,13H,9-12,14H2,1-2H3,(H,24,26). The minimum atomic E-state index is -0.119. The number of amides is 1. The van der Waals surface area contributed by atoms with Crippen molar-refractivity contribution in [1.82, 2.24) is 10.2 Å². The van der Waals surface area contributed by atoms with Crippen molar-refractivity contribution in [3.63, 3.8) is 0 Å². The molecule has 0 bridgehead atoms. The first-order valence-corrected chi connectivity index (χ1v) is 9.64. The number of rotatable bonds is 4. The number of hydrogen-bond acceptors (Lipinski definition) is 2. The van der Waals surface area contributed by atoms with Gasteiger partial charge in [-0.15, -0.1) is 0 Å². The molecule has 0 aromatic heterocycles. The number of likely N-dealkylation sites (tertiary alicyclic amines) is 1. The van der Waals surface area contributed by atoms with Gasteiger partial charge in [-0.05, 0) is 69.7 Å². The maximum atomic E-state index is 12.7. The van der Waals surface area contributed by atoms with Gasteiger partial charge in [0.2, 0.25) is 0 Å². The third kappa shape index (κ3) is 4.22. The third-order valence-corrected chi connectivity index (χ3v) is 5.94. The van der Waals surface area contributed by atoms with Crippen LogP contribution in [0.3, 0.4) is 0 Å². The first-order chi connectivity index (χ1) is 12.4. The summed E-state index contributed by atoms with van der Waals surface area (Å²) < 4.78 is 0. The Morgan fingerprint density at radius 3 is 2.42 bits per heavy atom. The number of hydrogen-bond donors (Lipinski definition) is 1. The van der Waals surface area contributed by atoms with Gasteiger partial charge in [-0.3, -0.25) is 4.79 Å². The zero-order chi connectivity index (χ0) is 18.7. The monoisotopic (exact) mass is 390 g/mol. The molecule has 1 saturated heterocycles. The second kappa shape index (κ2) is 7.99. The molecule has 0 aliphatic carbocycles. The molecule has 3 rings (SSSR count). The molecule has 2 aromatic carbocycles. The largest absolute Gasteiger partial charge is 0.351 e. The Bertz CT molecular complexity index is 781. The fourth-order valence-electron chi connectivity index (χ4n) is 3.58. The summed E-state index contributed by atoms with van der Waals surface area (Å²) in [4.78, 5) is 15.1. The van der Waals surface area contributed by atoms with E-state index in [9.17, 15) is 4.79 Å². The molecule has 138 valence electrons. The molecule has 0 radical (unpaired) electrons. The third-order valence-electron chi connectivity index (χ3n) is 5.35. The van der Waals surface area contributed by atoms with Gasteiger partial charge in [-0.1, -0.05) is 47.0 Å². The van der Waals surface area contributed by atoms with Crippen LogP contribution in [0.4, 0.5) is 0 Å². The zero-order valence-corrected chi connectivity index (χ0v) is 16.7. The fourth-order valence-corrected chi connectivity index (χ4v) is 3.90. The Kier molecular flexibility index (Phi) is 5.91. The van der Waals surface area contributed by atoms with E-state index in [2.05, 4.69) is 29.4 Å². The molecule has 1 fully saturated rings. The van der Waals surface area contributed by atoms with E-state index in [0.717, 1.165) is 36.5 Å². The van der Waals surface area contributed by atoms with Gasteiger partial charge in [-0.2, -0.15) is 0 Å². The first-order valence-electron chi connectivity index (χ1n) is 8.89. The number of benzene rings is 2. The molecule has 2 aromatic rings. The highest BCUT2D eigenvalue weighted by Crippen LogP contribution is 2.35. The fraction of sp³-hybridized carbons (Fsp3) is 0.381. The highest BCUT2D eigenvalue weighted by Gasteiger charge is 2.36. The SMILES string of the molecule is Cc1ccc(Cl)c(C(=O)NCC2(c3ccc(Cl)cc3)CCN(C)CC2)c1. The number of nitrogens with zero attached hydrogens (tertiary/aromatic N) is 1. The molecule has 1 heterocycles. The van der Waals surface area contributed by atoms with Crippen LogP contribution >= 0.6 is 23.2 Å². The van der Waals surface area contributed by atoms with Crippen LogP contribution in [0.25, 0.3) is 0 Å². The molecular weight excluding hydrogens is 367 g/mol. The first kappa shape index (κ1) is 19.2. The average molecular weight is 391 g/mol. The molecule has 1 aliphatic heterocycles. The predicted molar refractivity (Wildman–Crippen MR) is 108 cm³/mol. The minimum absolute atomic E-state index is 0.0803. The number of aryl methyl sites for hydroxylation is 1. The Morgan fingerprint density at radius 2 is 1.77 bits per heavy atom. The minimum Gasteiger partial charge on any atom is -0.351 e. The summed E-state index contributed by atoms with van der Waals surface area (Å²) >= 11 is 12.3. The van der Waals surface area contributed by atoms with Crippen molar-refractivity contribution in [3.05, 3.63) is 69.2 Å². The zero-order valence-electron chi connectivity index (χ0n) is 15.2. The van der Waals surface area contributed by atoms with Crippen molar-refractivity contribution < 1.29 is 4.79 Å². The molecule has 0 saturated carbocycles.